The van der Waals surface area contributed by atoms with E-state index in [1.54, 1.807) is 0 Å². The second-order valence-electron chi connectivity index (χ2n) is 6.47. The van der Waals surface area contributed by atoms with E-state index in [1.807, 2.05) is 19.3 Å². The third-order valence-electron chi connectivity index (χ3n) is 4.74. The minimum Gasteiger partial charge on any atom is -0.357 e. The molecule has 0 saturated heterocycles. The van der Waals surface area contributed by atoms with Crippen molar-refractivity contribution in [1.82, 2.24) is 4.98 Å². The van der Waals surface area contributed by atoms with Gasteiger partial charge in [-0.2, -0.15) is 0 Å². The molecule has 23 heavy (non-hydrogen) atoms. The lowest BCUT2D eigenvalue weighted by molar-refractivity contribution is -0.677. The largest absolute Gasteiger partial charge is 0.357 e. The van der Waals surface area contributed by atoms with Gasteiger partial charge in [-0.1, -0.05) is 39.0 Å². The second kappa shape index (κ2) is 7.07. The van der Waals surface area contributed by atoms with Crippen LogP contribution in [-0.2, 0) is 13.5 Å². The number of nitrogens with one attached hydrogen (secondary N) is 1. The summed E-state index contributed by atoms with van der Waals surface area (Å²) in [6, 6.07) is 2.05. The fraction of sp³-hybridized carbons (Fsp3) is 0.526. The number of pyridine rings is 1. The molecule has 2 aromatic rings. The molecule has 0 amide bonds. The first-order valence-electron chi connectivity index (χ1n) is 8.79. The van der Waals surface area contributed by atoms with Crippen LogP contribution in [0.5, 0.6) is 0 Å². The van der Waals surface area contributed by atoms with Crippen LogP contribution in [0.2, 0.25) is 0 Å². The number of carbonyl (C=O) groups excluding carboxylic acids is 1. The molecule has 1 aliphatic carbocycles. The molecule has 0 unspecified atom stereocenters. The van der Waals surface area contributed by atoms with Crippen molar-refractivity contribution < 1.29 is 9.36 Å². The standard InChI is InChI=1S/C19H25N3O/c1-3-4-5-6-7-8-10-20-15-12-16-17-14(9-11-22(16)2)13-21-18(17)19(15)23/h9,11,13H,3-8,10,12H2,1-2H3/p+1. The number of aromatic amines is 1. The van der Waals surface area contributed by atoms with Gasteiger partial charge in [0, 0.05) is 24.2 Å². The van der Waals surface area contributed by atoms with Gasteiger partial charge in [0.05, 0.1) is 17.5 Å². The molecular weight excluding hydrogens is 286 g/mol. The Balaban J connectivity index is 1.68. The van der Waals surface area contributed by atoms with Crippen molar-refractivity contribution in [2.24, 2.45) is 12.0 Å². The molecule has 1 aliphatic rings. The fourth-order valence-electron chi connectivity index (χ4n) is 3.35. The van der Waals surface area contributed by atoms with Gasteiger partial charge in [0.2, 0.25) is 5.78 Å². The molecule has 0 aromatic carbocycles. The van der Waals surface area contributed by atoms with E-state index in [1.165, 1.54) is 37.8 Å². The number of hydrogen-bond donors (Lipinski definition) is 1. The van der Waals surface area contributed by atoms with E-state index < -0.39 is 0 Å². The summed E-state index contributed by atoms with van der Waals surface area (Å²) in [6.45, 7) is 3.00. The van der Waals surface area contributed by atoms with E-state index in [-0.39, 0.29) is 5.78 Å². The Bertz CT molecular complexity index is 742. The first-order valence-corrected chi connectivity index (χ1v) is 8.79. The minimum atomic E-state index is 0.0738. The highest BCUT2D eigenvalue weighted by atomic mass is 16.1. The number of unbranched alkanes of at least 4 members (excludes halogenated alkanes) is 5. The summed E-state index contributed by atoms with van der Waals surface area (Å²) in [4.78, 5) is 20.4. The quantitative estimate of drug-likeness (QED) is 0.617. The monoisotopic (exact) mass is 312 g/mol. The van der Waals surface area contributed by atoms with Crippen molar-refractivity contribution >= 4 is 22.3 Å². The summed E-state index contributed by atoms with van der Waals surface area (Å²) in [5, 5.41) is 2.18. The van der Waals surface area contributed by atoms with Crippen LogP contribution in [0.3, 0.4) is 0 Å². The van der Waals surface area contributed by atoms with Crippen molar-refractivity contribution in [1.29, 1.82) is 0 Å². The Kier molecular flexibility index (Phi) is 4.89. The molecule has 122 valence electrons. The van der Waals surface area contributed by atoms with Crippen LogP contribution in [0.4, 0.5) is 0 Å². The first-order chi connectivity index (χ1) is 11.2. The van der Waals surface area contributed by atoms with E-state index >= 15 is 0 Å². The highest BCUT2D eigenvalue weighted by Crippen LogP contribution is 2.26. The maximum Gasteiger partial charge on any atom is 0.224 e. The summed E-state index contributed by atoms with van der Waals surface area (Å²) in [5.74, 6) is 0.0738. The van der Waals surface area contributed by atoms with Gasteiger partial charge in [-0.15, -0.1) is 0 Å². The lowest BCUT2D eigenvalue weighted by Crippen LogP contribution is -2.38. The Morgan fingerprint density at radius 3 is 2.83 bits per heavy atom. The van der Waals surface area contributed by atoms with Gasteiger partial charge in [0.15, 0.2) is 11.9 Å². The second-order valence-corrected chi connectivity index (χ2v) is 6.47. The number of hydrogen-bond acceptors (Lipinski definition) is 2. The zero-order valence-electron chi connectivity index (χ0n) is 14.2. The Morgan fingerprint density at radius 1 is 1.22 bits per heavy atom. The predicted octanol–water partition coefficient (Wildman–Crippen LogP) is 3.53. The van der Waals surface area contributed by atoms with E-state index in [0.29, 0.717) is 17.8 Å². The van der Waals surface area contributed by atoms with Crippen LogP contribution in [0.15, 0.2) is 23.5 Å². The summed E-state index contributed by atoms with van der Waals surface area (Å²) in [6.07, 6.45) is 12.1. The zero-order valence-corrected chi connectivity index (χ0v) is 14.2. The van der Waals surface area contributed by atoms with Gasteiger partial charge >= 0.3 is 0 Å². The van der Waals surface area contributed by atoms with Gasteiger partial charge in [-0.05, 0) is 6.42 Å². The van der Waals surface area contributed by atoms with Gasteiger partial charge in [-0.3, -0.25) is 9.79 Å². The third-order valence-corrected chi connectivity index (χ3v) is 4.74. The highest BCUT2D eigenvalue weighted by molar-refractivity contribution is 6.49. The van der Waals surface area contributed by atoms with Crippen LogP contribution < -0.4 is 4.57 Å². The van der Waals surface area contributed by atoms with Gasteiger partial charge < -0.3 is 4.98 Å². The maximum atomic E-state index is 12.6. The lowest BCUT2D eigenvalue weighted by atomic mass is 9.95. The van der Waals surface area contributed by atoms with E-state index in [0.717, 1.165) is 23.7 Å². The molecule has 0 atom stereocenters. The Morgan fingerprint density at radius 2 is 2.00 bits per heavy atom. The summed E-state index contributed by atoms with van der Waals surface area (Å²) in [5.41, 5.74) is 2.59. The molecule has 0 saturated carbocycles. The summed E-state index contributed by atoms with van der Waals surface area (Å²) < 4.78 is 2.10. The first kappa shape index (κ1) is 15.9. The number of nitrogens with zero attached hydrogens (tertiary/aromatic N) is 2. The number of aryl methyl sites for hydroxylation is 1. The molecule has 0 aliphatic heterocycles. The molecule has 0 spiro atoms. The Hall–Kier alpha value is -1.97. The van der Waals surface area contributed by atoms with Crippen LogP contribution in [0, 0.1) is 0 Å². The third kappa shape index (κ3) is 3.21. The normalized spacial score (nSPS) is 15.7. The number of Topliss-reactive ketones (excluding diaryl/α,β-unsaturated/α-hetero) is 1. The number of rotatable bonds is 7. The average molecular weight is 312 g/mol. The van der Waals surface area contributed by atoms with E-state index in [9.17, 15) is 4.79 Å². The molecule has 3 rings (SSSR count). The number of H-pyrrole nitrogens is 1. The zero-order chi connectivity index (χ0) is 16.2. The predicted molar refractivity (Wildman–Crippen MR) is 93.2 cm³/mol. The smallest absolute Gasteiger partial charge is 0.224 e. The van der Waals surface area contributed by atoms with Crippen LogP contribution in [0.1, 0.15) is 61.6 Å². The minimum absolute atomic E-state index is 0.0738. The maximum absolute atomic E-state index is 12.6. The van der Waals surface area contributed by atoms with Crippen molar-refractivity contribution in [2.45, 2.75) is 51.9 Å². The number of ketones is 1. The van der Waals surface area contributed by atoms with Crippen molar-refractivity contribution in [3.05, 3.63) is 29.8 Å². The van der Waals surface area contributed by atoms with Crippen LogP contribution in [0.25, 0.3) is 10.8 Å². The topological polar surface area (TPSA) is 49.1 Å². The number of aliphatic imine (C=N–C) groups is 1. The molecule has 2 aromatic heterocycles. The van der Waals surface area contributed by atoms with Crippen molar-refractivity contribution in [2.75, 3.05) is 6.54 Å². The van der Waals surface area contributed by atoms with Gasteiger partial charge in [0.25, 0.3) is 0 Å². The van der Waals surface area contributed by atoms with E-state index in [4.69, 9.17) is 0 Å². The molecule has 0 bridgehead atoms. The van der Waals surface area contributed by atoms with Gasteiger partial charge in [-0.25, -0.2) is 4.57 Å². The van der Waals surface area contributed by atoms with E-state index in [2.05, 4.69) is 27.7 Å². The molecule has 4 heteroatoms. The van der Waals surface area contributed by atoms with Crippen molar-refractivity contribution in [3.8, 4) is 0 Å². The molecule has 0 fully saturated rings. The molecule has 1 N–H and O–H groups in total. The SMILES string of the molecule is CCCCCCCCN=C1Cc2c3c([nH]cc3cc[n+]2C)C1=O. The summed E-state index contributed by atoms with van der Waals surface area (Å²) in [7, 11) is 2.03. The van der Waals surface area contributed by atoms with Gasteiger partial charge in [0.1, 0.15) is 12.7 Å². The molecule has 2 heterocycles. The van der Waals surface area contributed by atoms with Crippen molar-refractivity contribution in [3.63, 3.8) is 0 Å². The molecule has 4 nitrogen and oxygen atoms in total. The fourth-order valence-corrected chi connectivity index (χ4v) is 3.35. The highest BCUT2D eigenvalue weighted by Gasteiger charge is 2.31. The Labute approximate surface area is 137 Å². The van der Waals surface area contributed by atoms with Crippen LogP contribution in [-0.4, -0.2) is 23.0 Å². The molecular formula is C19H26N3O+. The molecule has 0 radical (unpaired) electrons. The van der Waals surface area contributed by atoms with Crippen LogP contribution >= 0.6 is 0 Å². The number of carbonyl (C=O) groups is 1. The lowest BCUT2D eigenvalue weighted by Gasteiger charge is -2.12. The summed E-state index contributed by atoms with van der Waals surface area (Å²) >= 11 is 0. The average Bonchev–Trinajstić information content (AvgIpc) is 2.98. The number of aromatic nitrogens is 2.